The van der Waals surface area contributed by atoms with Crippen molar-refractivity contribution >= 4 is 35.5 Å². The van der Waals surface area contributed by atoms with Crippen molar-refractivity contribution in [1.82, 2.24) is 14.9 Å². The molecule has 208 valence electrons. The third kappa shape index (κ3) is 11.8. The second-order valence-electron chi connectivity index (χ2n) is 10.1. The summed E-state index contributed by atoms with van der Waals surface area (Å²) < 4.78 is 0. The summed E-state index contributed by atoms with van der Waals surface area (Å²) in [7, 11) is 1.43. The number of carbonyl (C=O) groups is 4. The Morgan fingerprint density at radius 1 is 0.833 bits per heavy atom. The lowest BCUT2D eigenvalue weighted by Crippen LogP contribution is -2.53. The van der Waals surface area contributed by atoms with Crippen LogP contribution in [0, 0.1) is 0 Å². The number of hydroxylamine groups is 2. The van der Waals surface area contributed by atoms with E-state index in [9.17, 15) is 19.2 Å². The van der Waals surface area contributed by atoms with Crippen LogP contribution in [0.5, 0.6) is 0 Å². The molecule has 0 bridgehead atoms. The van der Waals surface area contributed by atoms with Gasteiger partial charge in [-0.25, -0.2) is 4.79 Å². The Labute approximate surface area is 223 Å². The van der Waals surface area contributed by atoms with Crippen molar-refractivity contribution in [3.8, 4) is 0 Å². The van der Waals surface area contributed by atoms with E-state index in [4.69, 9.17) is 4.84 Å². The van der Waals surface area contributed by atoms with Gasteiger partial charge in [-0.2, -0.15) is 16.8 Å². The highest BCUT2D eigenvalue weighted by Gasteiger charge is 2.34. The van der Waals surface area contributed by atoms with Gasteiger partial charge in [0, 0.05) is 62.0 Å². The van der Waals surface area contributed by atoms with Crippen LogP contribution in [0.2, 0.25) is 0 Å². The molecule has 8 nitrogen and oxygen atoms in total. The summed E-state index contributed by atoms with van der Waals surface area (Å²) >= 11 is 1.57. The van der Waals surface area contributed by atoms with Crippen LogP contribution in [0.15, 0.2) is 12.7 Å². The summed E-state index contributed by atoms with van der Waals surface area (Å²) in [5, 5.41) is 0.979. The number of hydrogen-bond acceptors (Lipinski definition) is 6. The first kappa shape index (κ1) is 34.0. The molecule has 3 amide bonds. The topological polar surface area (TPSA) is 87.2 Å². The molecule has 0 atom stereocenters. The highest BCUT2D eigenvalue weighted by molar-refractivity contribution is 7.99. The number of thioether (sulfide) groups is 1. The Balaban J connectivity index is 4.87. The molecule has 0 aromatic carbocycles. The number of hydrogen-bond donors (Lipinski definition) is 0. The third-order valence-electron chi connectivity index (χ3n) is 6.54. The van der Waals surface area contributed by atoms with Crippen LogP contribution in [-0.2, 0) is 24.0 Å². The van der Waals surface area contributed by atoms with Gasteiger partial charge in [-0.1, -0.05) is 26.8 Å². The van der Waals surface area contributed by atoms with Crippen LogP contribution in [0.1, 0.15) is 93.4 Å². The largest absolute Gasteiger partial charge is 0.338 e. The maximum Gasteiger partial charge on any atom is 0.333 e. The quantitative estimate of drug-likeness (QED) is 0.153. The molecule has 0 radical (unpaired) electrons. The molecule has 0 saturated heterocycles. The first-order chi connectivity index (χ1) is 16.8. The van der Waals surface area contributed by atoms with Gasteiger partial charge in [0.15, 0.2) is 0 Å². The van der Waals surface area contributed by atoms with Crippen molar-refractivity contribution in [2.24, 2.45) is 0 Å². The van der Waals surface area contributed by atoms with E-state index >= 15 is 0 Å². The molecule has 0 N–H and O–H groups in total. The smallest absolute Gasteiger partial charge is 0.333 e. The number of rotatable bonds is 17. The fourth-order valence-electron chi connectivity index (χ4n) is 3.67. The van der Waals surface area contributed by atoms with Gasteiger partial charge in [-0.05, 0) is 47.0 Å². The van der Waals surface area contributed by atoms with Crippen LogP contribution in [-0.4, -0.2) is 81.3 Å². The zero-order valence-corrected chi connectivity index (χ0v) is 24.7. The van der Waals surface area contributed by atoms with E-state index in [0.29, 0.717) is 50.3 Å². The van der Waals surface area contributed by atoms with Gasteiger partial charge in [-0.15, -0.1) is 6.58 Å². The molecule has 0 fully saturated rings. The predicted molar refractivity (Wildman–Crippen MR) is 147 cm³/mol. The minimum absolute atomic E-state index is 0.0720. The lowest BCUT2D eigenvalue weighted by molar-refractivity contribution is -0.192. The molecule has 0 unspecified atom stereocenters. The van der Waals surface area contributed by atoms with Crippen molar-refractivity contribution in [3.05, 3.63) is 12.7 Å². The molecule has 0 heterocycles. The van der Waals surface area contributed by atoms with Crippen molar-refractivity contribution in [2.45, 2.75) is 104 Å². The van der Waals surface area contributed by atoms with E-state index in [-0.39, 0.29) is 36.1 Å². The van der Waals surface area contributed by atoms with Crippen LogP contribution >= 0.6 is 11.8 Å². The number of carbonyl (C=O) groups excluding carboxylic acids is 4. The Hall–Kier alpha value is -2.03. The summed E-state index contributed by atoms with van der Waals surface area (Å²) in [5.74, 6) is 0.677. The molecule has 0 spiro atoms. The summed E-state index contributed by atoms with van der Waals surface area (Å²) in [6.45, 7) is 18.8. The van der Waals surface area contributed by atoms with Crippen LogP contribution in [0.4, 0.5) is 0 Å². The van der Waals surface area contributed by atoms with Crippen molar-refractivity contribution < 1.29 is 24.0 Å². The van der Waals surface area contributed by atoms with Crippen LogP contribution in [0.25, 0.3) is 0 Å². The summed E-state index contributed by atoms with van der Waals surface area (Å²) in [6.07, 6.45) is 5.00. The highest BCUT2D eigenvalue weighted by Crippen LogP contribution is 2.26. The number of allylic oxidation sites excluding steroid dienone is 1. The fraction of sp³-hybridized carbons (Fsp3) is 0.778. The average molecular weight is 528 g/mol. The van der Waals surface area contributed by atoms with Gasteiger partial charge >= 0.3 is 5.97 Å². The lowest BCUT2D eigenvalue weighted by atomic mass is 9.93. The summed E-state index contributed by atoms with van der Waals surface area (Å²) in [5.41, 5.74) is -0.658. The molecular weight excluding hydrogens is 478 g/mol. The SMILES string of the molecule is C=CCCC(=O)N(C)OC(=O)CCSCCN(C(=O)CC)C(C)(C)CCN(C(=O)CC)C(C)(C)CC. The lowest BCUT2D eigenvalue weighted by Gasteiger charge is -2.43. The molecule has 0 aromatic rings. The Morgan fingerprint density at radius 3 is 1.89 bits per heavy atom. The van der Waals surface area contributed by atoms with Gasteiger partial charge in [-0.3, -0.25) is 14.4 Å². The summed E-state index contributed by atoms with van der Waals surface area (Å²) in [4.78, 5) is 58.2. The van der Waals surface area contributed by atoms with E-state index in [0.717, 1.165) is 11.5 Å². The zero-order chi connectivity index (χ0) is 27.9. The van der Waals surface area contributed by atoms with E-state index in [1.165, 1.54) is 7.05 Å². The monoisotopic (exact) mass is 527 g/mol. The predicted octanol–water partition coefficient (Wildman–Crippen LogP) is 4.83. The second-order valence-corrected chi connectivity index (χ2v) is 11.3. The second kappa shape index (κ2) is 16.7. The molecule has 0 saturated carbocycles. The maximum absolute atomic E-state index is 12.8. The number of amides is 3. The third-order valence-corrected chi connectivity index (χ3v) is 7.51. The molecule has 0 aliphatic carbocycles. The standard InChI is InChI=1S/C27H49N3O5S/c1-10-14-15-24(33)28(9)35-25(34)16-20-36-21-19-30(23(32)12-3)27(7,8)17-18-29(22(31)11-2)26(5,6)13-4/h10H,1,11-21H2,2-9H3. The molecule has 9 heteroatoms. The molecule has 0 aliphatic rings. The van der Waals surface area contributed by atoms with E-state index in [1.807, 2.05) is 23.6 Å². The Kier molecular flexibility index (Phi) is 15.7. The van der Waals surface area contributed by atoms with Gasteiger partial charge < -0.3 is 14.6 Å². The van der Waals surface area contributed by atoms with Gasteiger partial charge in [0.1, 0.15) is 0 Å². The van der Waals surface area contributed by atoms with Crippen LogP contribution in [0.3, 0.4) is 0 Å². The normalized spacial score (nSPS) is 11.6. The molecule has 0 aliphatic heterocycles. The minimum Gasteiger partial charge on any atom is -0.338 e. The Morgan fingerprint density at radius 2 is 1.39 bits per heavy atom. The van der Waals surface area contributed by atoms with Gasteiger partial charge in [0.2, 0.25) is 11.8 Å². The van der Waals surface area contributed by atoms with Gasteiger partial charge in [0.05, 0.1) is 6.42 Å². The fourth-order valence-corrected chi connectivity index (χ4v) is 4.50. The van der Waals surface area contributed by atoms with Crippen molar-refractivity contribution in [3.63, 3.8) is 0 Å². The maximum atomic E-state index is 12.8. The zero-order valence-electron chi connectivity index (χ0n) is 23.9. The molecule has 0 rings (SSSR count). The van der Waals surface area contributed by atoms with Crippen LogP contribution < -0.4 is 0 Å². The Bertz CT molecular complexity index is 739. The van der Waals surface area contributed by atoms with Gasteiger partial charge in [0.25, 0.3) is 5.91 Å². The summed E-state index contributed by atoms with van der Waals surface area (Å²) in [6, 6.07) is 0. The first-order valence-corrected chi connectivity index (χ1v) is 14.2. The van der Waals surface area contributed by atoms with E-state index < -0.39 is 11.5 Å². The first-order valence-electron chi connectivity index (χ1n) is 13.0. The molecular formula is C27H49N3O5S. The molecule has 0 aromatic heterocycles. The molecule has 36 heavy (non-hydrogen) atoms. The number of nitrogens with zero attached hydrogens (tertiary/aromatic N) is 3. The van der Waals surface area contributed by atoms with Crippen molar-refractivity contribution in [2.75, 3.05) is 31.6 Å². The van der Waals surface area contributed by atoms with Crippen molar-refractivity contribution in [1.29, 1.82) is 0 Å². The minimum atomic E-state index is -0.460. The average Bonchev–Trinajstić information content (AvgIpc) is 2.83. The van der Waals surface area contributed by atoms with E-state index in [2.05, 4.69) is 41.2 Å². The highest BCUT2D eigenvalue weighted by atomic mass is 32.2. The van der Waals surface area contributed by atoms with E-state index in [1.54, 1.807) is 17.8 Å².